The molecule has 0 amide bonds. The highest BCUT2D eigenvalue weighted by atomic mass is 15.1. The van der Waals surface area contributed by atoms with Gasteiger partial charge in [-0.15, -0.1) is 0 Å². The lowest BCUT2D eigenvalue weighted by Crippen LogP contribution is -2.41. The number of hydrogen-bond donors (Lipinski definition) is 1. The van der Waals surface area contributed by atoms with Crippen LogP contribution in [0.4, 0.5) is 0 Å². The Hall–Kier alpha value is -0.860. The number of likely N-dealkylation sites (tertiary alicyclic amines) is 1. The van der Waals surface area contributed by atoms with Gasteiger partial charge in [-0.2, -0.15) is 0 Å². The van der Waals surface area contributed by atoms with E-state index >= 15 is 0 Å². The van der Waals surface area contributed by atoms with E-state index in [1.54, 1.807) is 0 Å². The average molecular weight is 232 g/mol. The summed E-state index contributed by atoms with van der Waals surface area (Å²) >= 11 is 0. The van der Waals surface area contributed by atoms with Crippen molar-refractivity contribution >= 4 is 0 Å². The van der Waals surface area contributed by atoms with Crippen LogP contribution in [0.15, 0.2) is 24.3 Å². The maximum atomic E-state index is 3.68. The second kappa shape index (κ2) is 6.18. The fourth-order valence-electron chi connectivity index (χ4n) is 2.50. The molecule has 0 aromatic heterocycles. The summed E-state index contributed by atoms with van der Waals surface area (Å²) in [7, 11) is 2.21. The van der Waals surface area contributed by atoms with E-state index in [9.17, 15) is 0 Å². The Balaban J connectivity index is 1.69. The lowest BCUT2D eigenvalue weighted by atomic mass is 10.0. The summed E-state index contributed by atoms with van der Waals surface area (Å²) in [6, 6.07) is 9.56. The molecular formula is C15H24N2. The SMILES string of the molecule is Cc1cccc(CCNC2CCN(C)CC2)c1. The highest BCUT2D eigenvalue weighted by Crippen LogP contribution is 2.09. The van der Waals surface area contributed by atoms with Crippen molar-refractivity contribution in [1.82, 2.24) is 10.2 Å². The largest absolute Gasteiger partial charge is 0.314 e. The quantitative estimate of drug-likeness (QED) is 0.856. The molecular weight excluding hydrogens is 208 g/mol. The summed E-state index contributed by atoms with van der Waals surface area (Å²) in [6.07, 6.45) is 3.74. The minimum atomic E-state index is 0.732. The van der Waals surface area contributed by atoms with Crippen molar-refractivity contribution in [2.24, 2.45) is 0 Å². The molecule has 1 N–H and O–H groups in total. The van der Waals surface area contributed by atoms with Crippen LogP contribution in [0, 0.1) is 6.92 Å². The Morgan fingerprint density at radius 3 is 2.76 bits per heavy atom. The summed E-state index contributed by atoms with van der Waals surface area (Å²) < 4.78 is 0. The van der Waals surface area contributed by atoms with Crippen LogP contribution in [-0.2, 0) is 6.42 Å². The van der Waals surface area contributed by atoms with Crippen molar-refractivity contribution in [3.63, 3.8) is 0 Å². The van der Waals surface area contributed by atoms with Crippen LogP contribution in [0.5, 0.6) is 0 Å². The number of piperidine rings is 1. The van der Waals surface area contributed by atoms with Crippen molar-refractivity contribution in [2.75, 3.05) is 26.7 Å². The molecule has 1 fully saturated rings. The molecule has 1 aromatic carbocycles. The van der Waals surface area contributed by atoms with Crippen LogP contribution in [0.1, 0.15) is 24.0 Å². The van der Waals surface area contributed by atoms with Gasteiger partial charge in [0, 0.05) is 6.04 Å². The molecule has 0 aliphatic carbocycles. The number of aryl methyl sites for hydroxylation is 1. The first kappa shape index (κ1) is 12.6. The van der Waals surface area contributed by atoms with Gasteiger partial charge in [-0.3, -0.25) is 0 Å². The van der Waals surface area contributed by atoms with Crippen molar-refractivity contribution in [3.8, 4) is 0 Å². The van der Waals surface area contributed by atoms with E-state index in [1.807, 2.05) is 0 Å². The molecule has 1 aliphatic heterocycles. The van der Waals surface area contributed by atoms with Gasteiger partial charge >= 0.3 is 0 Å². The summed E-state index contributed by atoms with van der Waals surface area (Å²) in [5.41, 5.74) is 2.81. The van der Waals surface area contributed by atoms with E-state index in [1.165, 1.54) is 37.1 Å². The van der Waals surface area contributed by atoms with Crippen LogP contribution < -0.4 is 5.32 Å². The Bertz CT molecular complexity index is 341. The Morgan fingerprint density at radius 2 is 2.06 bits per heavy atom. The number of rotatable bonds is 4. The number of nitrogens with one attached hydrogen (secondary N) is 1. The molecule has 2 rings (SSSR count). The van der Waals surface area contributed by atoms with Gasteiger partial charge in [0.15, 0.2) is 0 Å². The first-order chi connectivity index (χ1) is 8.24. The predicted molar refractivity (Wildman–Crippen MR) is 73.4 cm³/mol. The molecule has 17 heavy (non-hydrogen) atoms. The zero-order valence-corrected chi connectivity index (χ0v) is 11.1. The van der Waals surface area contributed by atoms with E-state index in [0.29, 0.717) is 0 Å². The van der Waals surface area contributed by atoms with Gasteiger partial charge in [0.05, 0.1) is 0 Å². The Labute approximate surface area is 105 Å². The minimum Gasteiger partial charge on any atom is -0.314 e. The van der Waals surface area contributed by atoms with Crippen molar-refractivity contribution < 1.29 is 0 Å². The normalized spacial score (nSPS) is 18.5. The third-order valence-electron chi connectivity index (χ3n) is 3.65. The van der Waals surface area contributed by atoms with E-state index in [4.69, 9.17) is 0 Å². The fraction of sp³-hybridized carbons (Fsp3) is 0.600. The molecule has 0 atom stereocenters. The lowest BCUT2D eigenvalue weighted by molar-refractivity contribution is 0.235. The summed E-state index contributed by atoms with van der Waals surface area (Å²) in [5.74, 6) is 0. The van der Waals surface area contributed by atoms with Gasteiger partial charge in [-0.1, -0.05) is 29.8 Å². The minimum absolute atomic E-state index is 0.732. The fourth-order valence-corrected chi connectivity index (χ4v) is 2.50. The zero-order valence-electron chi connectivity index (χ0n) is 11.1. The monoisotopic (exact) mass is 232 g/mol. The van der Waals surface area contributed by atoms with Crippen LogP contribution >= 0.6 is 0 Å². The summed E-state index contributed by atoms with van der Waals surface area (Å²) in [5, 5.41) is 3.68. The second-order valence-corrected chi connectivity index (χ2v) is 5.27. The number of benzene rings is 1. The molecule has 1 aliphatic rings. The second-order valence-electron chi connectivity index (χ2n) is 5.27. The number of hydrogen-bond acceptors (Lipinski definition) is 2. The molecule has 0 bridgehead atoms. The topological polar surface area (TPSA) is 15.3 Å². The summed E-state index contributed by atoms with van der Waals surface area (Å²) in [6.45, 7) is 5.75. The molecule has 1 saturated heterocycles. The van der Waals surface area contributed by atoms with Gasteiger partial charge in [0.25, 0.3) is 0 Å². The Kier molecular flexibility index (Phi) is 4.57. The smallest absolute Gasteiger partial charge is 0.00915 e. The van der Waals surface area contributed by atoms with E-state index in [2.05, 4.69) is 48.5 Å². The third-order valence-corrected chi connectivity index (χ3v) is 3.65. The van der Waals surface area contributed by atoms with Crippen molar-refractivity contribution in [3.05, 3.63) is 35.4 Å². The maximum Gasteiger partial charge on any atom is 0.00915 e. The van der Waals surface area contributed by atoms with Crippen LogP contribution in [0.25, 0.3) is 0 Å². The average Bonchev–Trinajstić information content (AvgIpc) is 2.32. The highest BCUT2D eigenvalue weighted by Gasteiger charge is 2.15. The van der Waals surface area contributed by atoms with E-state index in [0.717, 1.165) is 19.0 Å². The molecule has 2 nitrogen and oxygen atoms in total. The highest BCUT2D eigenvalue weighted by molar-refractivity contribution is 5.22. The van der Waals surface area contributed by atoms with Crippen molar-refractivity contribution in [2.45, 2.75) is 32.2 Å². The first-order valence-corrected chi connectivity index (χ1v) is 6.71. The molecule has 1 heterocycles. The van der Waals surface area contributed by atoms with Gasteiger partial charge in [0.1, 0.15) is 0 Å². The van der Waals surface area contributed by atoms with E-state index in [-0.39, 0.29) is 0 Å². The third kappa shape index (κ3) is 4.14. The van der Waals surface area contributed by atoms with Gasteiger partial charge in [-0.25, -0.2) is 0 Å². The standard InChI is InChI=1S/C15H24N2/c1-13-4-3-5-14(12-13)6-9-16-15-7-10-17(2)11-8-15/h3-5,12,15-16H,6-11H2,1-2H3. The maximum absolute atomic E-state index is 3.68. The van der Waals surface area contributed by atoms with Gasteiger partial charge in [-0.05, 0) is 58.4 Å². The molecule has 0 radical (unpaired) electrons. The molecule has 94 valence electrons. The van der Waals surface area contributed by atoms with E-state index < -0.39 is 0 Å². The lowest BCUT2D eigenvalue weighted by Gasteiger charge is -2.29. The van der Waals surface area contributed by atoms with Gasteiger partial charge < -0.3 is 10.2 Å². The van der Waals surface area contributed by atoms with Crippen molar-refractivity contribution in [1.29, 1.82) is 0 Å². The van der Waals surface area contributed by atoms with Crippen LogP contribution in [0.3, 0.4) is 0 Å². The molecule has 1 aromatic rings. The van der Waals surface area contributed by atoms with Crippen LogP contribution in [0.2, 0.25) is 0 Å². The molecule has 2 heteroatoms. The molecule has 0 spiro atoms. The number of nitrogens with zero attached hydrogens (tertiary/aromatic N) is 1. The molecule has 0 saturated carbocycles. The van der Waals surface area contributed by atoms with Crippen LogP contribution in [-0.4, -0.2) is 37.6 Å². The summed E-state index contributed by atoms with van der Waals surface area (Å²) in [4.78, 5) is 2.42. The Morgan fingerprint density at radius 1 is 1.29 bits per heavy atom. The first-order valence-electron chi connectivity index (χ1n) is 6.71. The van der Waals surface area contributed by atoms with Gasteiger partial charge in [0.2, 0.25) is 0 Å². The predicted octanol–water partition coefficient (Wildman–Crippen LogP) is 2.22. The molecule has 0 unspecified atom stereocenters. The zero-order chi connectivity index (χ0) is 12.1.